The number of halogens is 1. The quantitative estimate of drug-likeness (QED) is 0.621. The van der Waals surface area contributed by atoms with Crippen LogP contribution in [0.5, 0.6) is 0 Å². The second-order valence-corrected chi connectivity index (χ2v) is 7.72. The summed E-state index contributed by atoms with van der Waals surface area (Å²) in [5.41, 5.74) is 0.784. The fourth-order valence-corrected chi connectivity index (χ4v) is 3.91. The number of amides is 2. The minimum atomic E-state index is -1.16. The van der Waals surface area contributed by atoms with Crippen molar-refractivity contribution in [1.29, 1.82) is 0 Å². The molecule has 2 amide bonds. The molecule has 2 N–H and O–H groups in total. The van der Waals surface area contributed by atoms with Gasteiger partial charge in [0.25, 0.3) is 0 Å². The third-order valence-electron chi connectivity index (χ3n) is 4.63. The van der Waals surface area contributed by atoms with Crippen molar-refractivity contribution >= 4 is 29.0 Å². The maximum absolute atomic E-state index is 12.1. The van der Waals surface area contributed by atoms with Crippen LogP contribution in [-0.4, -0.2) is 34.1 Å². The summed E-state index contributed by atoms with van der Waals surface area (Å²) in [5.74, 6) is 2.79. The van der Waals surface area contributed by atoms with Crippen LogP contribution >= 0.6 is 22.9 Å². The van der Waals surface area contributed by atoms with E-state index < -0.39 is 11.6 Å². The zero-order valence-corrected chi connectivity index (χ0v) is 16.0. The SMILES string of the molecule is C#CC(C)(c1ccc(Cl)cc1)c1csc(C(O)NC(=O)N2CCCC2)n1. The standard InChI is InChI=1S/C19H20ClN3O2S/c1-3-19(2,13-6-8-14(20)9-7-13)15-12-26-17(21-15)16(24)22-18(25)23-10-4-5-11-23/h1,6-9,12,16,24H,4-5,10-11H2,2H3,(H,22,25). The monoisotopic (exact) mass is 389 g/mol. The Morgan fingerprint density at radius 2 is 2.08 bits per heavy atom. The van der Waals surface area contributed by atoms with Crippen LogP contribution in [-0.2, 0) is 5.41 Å². The van der Waals surface area contributed by atoms with E-state index in [1.54, 1.807) is 17.0 Å². The minimum Gasteiger partial charge on any atom is -0.367 e. The van der Waals surface area contributed by atoms with Gasteiger partial charge in [-0.15, -0.1) is 17.8 Å². The lowest BCUT2D eigenvalue weighted by molar-refractivity contribution is 0.129. The molecule has 2 atom stereocenters. The number of likely N-dealkylation sites (tertiary alicyclic amines) is 1. The van der Waals surface area contributed by atoms with Crippen molar-refractivity contribution < 1.29 is 9.90 Å². The predicted octanol–water partition coefficient (Wildman–Crippen LogP) is 3.53. The van der Waals surface area contributed by atoms with Crippen molar-refractivity contribution in [2.24, 2.45) is 0 Å². The Hall–Kier alpha value is -2.07. The van der Waals surface area contributed by atoms with E-state index in [2.05, 4.69) is 16.2 Å². The fourth-order valence-electron chi connectivity index (χ4n) is 2.92. The molecular formula is C19H20ClN3O2S. The van der Waals surface area contributed by atoms with Gasteiger partial charge in [-0.05, 0) is 37.5 Å². The molecule has 7 heteroatoms. The van der Waals surface area contributed by atoms with Gasteiger partial charge in [-0.2, -0.15) is 0 Å². The number of hydrogen-bond acceptors (Lipinski definition) is 4. The normalized spacial score (nSPS) is 17.4. The van der Waals surface area contributed by atoms with Crippen molar-refractivity contribution in [3.63, 3.8) is 0 Å². The number of hydrogen-bond donors (Lipinski definition) is 2. The molecule has 26 heavy (non-hydrogen) atoms. The van der Waals surface area contributed by atoms with Crippen molar-refractivity contribution in [3.8, 4) is 12.3 Å². The smallest absolute Gasteiger partial charge is 0.319 e. The van der Waals surface area contributed by atoms with Gasteiger partial charge in [-0.3, -0.25) is 0 Å². The molecule has 2 unspecified atom stereocenters. The molecule has 1 saturated heterocycles. The van der Waals surface area contributed by atoms with Gasteiger partial charge >= 0.3 is 6.03 Å². The van der Waals surface area contributed by atoms with E-state index in [-0.39, 0.29) is 6.03 Å². The zero-order chi connectivity index (χ0) is 18.7. The second-order valence-electron chi connectivity index (χ2n) is 6.39. The van der Waals surface area contributed by atoms with Crippen molar-refractivity contribution in [2.75, 3.05) is 13.1 Å². The van der Waals surface area contributed by atoms with Crippen LogP contribution < -0.4 is 5.32 Å². The van der Waals surface area contributed by atoms with Crippen LogP contribution in [0.15, 0.2) is 29.6 Å². The Morgan fingerprint density at radius 1 is 1.42 bits per heavy atom. The van der Waals surface area contributed by atoms with Crippen LogP contribution in [0, 0.1) is 12.3 Å². The van der Waals surface area contributed by atoms with Gasteiger partial charge in [0.15, 0.2) is 6.23 Å². The fraction of sp³-hybridized carbons (Fsp3) is 0.368. The molecule has 136 valence electrons. The van der Waals surface area contributed by atoms with Crippen LogP contribution in [0.2, 0.25) is 5.02 Å². The Kier molecular flexibility index (Phi) is 5.52. The zero-order valence-electron chi connectivity index (χ0n) is 14.4. The molecule has 0 radical (unpaired) electrons. The predicted molar refractivity (Wildman–Crippen MR) is 103 cm³/mol. The van der Waals surface area contributed by atoms with E-state index in [1.807, 2.05) is 24.4 Å². The average Bonchev–Trinajstić information content (AvgIpc) is 3.33. The highest BCUT2D eigenvalue weighted by Gasteiger charge is 2.31. The summed E-state index contributed by atoms with van der Waals surface area (Å²) in [7, 11) is 0. The van der Waals surface area contributed by atoms with E-state index in [9.17, 15) is 9.90 Å². The van der Waals surface area contributed by atoms with E-state index in [4.69, 9.17) is 18.0 Å². The largest absolute Gasteiger partial charge is 0.367 e. The van der Waals surface area contributed by atoms with Gasteiger partial charge < -0.3 is 15.3 Å². The topological polar surface area (TPSA) is 65.5 Å². The molecule has 1 aromatic heterocycles. The summed E-state index contributed by atoms with van der Waals surface area (Å²) in [6.07, 6.45) is 6.63. The van der Waals surface area contributed by atoms with Gasteiger partial charge in [0.1, 0.15) is 5.01 Å². The van der Waals surface area contributed by atoms with Crippen molar-refractivity contribution in [3.05, 3.63) is 50.9 Å². The third-order valence-corrected chi connectivity index (χ3v) is 5.78. The molecule has 2 aromatic rings. The number of nitrogens with zero attached hydrogens (tertiary/aromatic N) is 2. The number of aliphatic hydroxyl groups excluding tert-OH is 1. The summed E-state index contributed by atoms with van der Waals surface area (Å²) in [6, 6.07) is 7.03. The molecule has 0 bridgehead atoms. The highest BCUT2D eigenvalue weighted by molar-refractivity contribution is 7.09. The first-order valence-corrected chi connectivity index (χ1v) is 9.63. The number of rotatable bonds is 4. The first kappa shape index (κ1) is 18.7. The number of aliphatic hydroxyl groups is 1. The van der Waals surface area contributed by atoms with Crippen LogP contribution in [0.4, 0.5) is 4.79 Å². The molecule has 0 saturated carbocycles. The molecular weight excluding hydrogens is 370 g/mol. The highest BCUT2D eigenvalue weighted by atomic mass is 35.5. The maximum Gasteiger partial charge on any atom is 0.319 e. The number of nitrogens with one attached hydrogen (secondary N) is 1. The molecule has 1 fully saturated rings. The number of carbonyl (C=O) groups is 1. The van der Waals surface area contributed by atoms with Gasteiger partial charge in [0.05, 0.1) is 11.1 Å². The van der Waals surface area contributed by atoms with E-state index in [1.165, 1.54) is 11.3 Å². The first-order valence-electron chi connectivity index (χ1n) is 8.37. The maximum atomic E-state index is 12.1. The molecule has 1 aliphatic rings. The van der Waals surface area contributed by atoms with Gasteiger partial charge in [-0.1, -0.05) is 29.7 Å². The number of thiazole rings is 1. The number of urea groups is 1. The minimum absolute atomic E-state index is 0.274. The van der Waals surface area contributed by atoms with Crippen molar-refractivity contribution in [2.45, 2.75) is 31.4 Å². The second kappa shape index (κ2) is 7.67. The van der Waals surface area contributed by atoms with Crippen LogP contribution in [0.3, 0.4) is 0 Å². The Morgan fingerprint density at radius 3 is 2.69 bits per heavy atom. The Bertz CT molecular complexity index is 824. The molecule has 2 heterocycles. The molecule has 0 spiro atoms. The number of benzene rings is 1. The lowest BCUT2D eigenvalue weighted by Gasteiger charge is -2.22. The molecule has 1 aromatic carbocycles. The van der Waals surface area contributed by atoms with Gasteiger partial charge in [-0.25, -0.2) is 9.78 Å². The summed E-state index contributed by atoms with van der Waals surface area (Å²) in [4.78, 5) is 18.3. The molecule has 3 rings (SSSR count). The average molecular weight is 390 g/mol. The first-order chi connectivity index (χ1) is 12.4. The number of terminal acetylenes is 1. The molecule has 5 nitrogen and oxygen atoms in total. The van der Waals surface area contributed by atoms with Crippen LogP contribution in [0.25, 0.3) is 0 Å². The lowest BCUT2D eigenvalue weighted by atomic mass is 9.81. The van der Waals surface area contributed by atoms with Gasteiger partial charge in [0, 0.05) is 23.5 Å². The number of carbonyl (C=O) groups excluding carboxylic acids is 1. The summed E-state index contributed by atoms with van der Waals surface area (Å²) in [6.45, 7) is 3.32. The van der Waals surface area contributed by atoms with E-state index >= 15 is 0 Å². The van der Waals surface area contributed by atoms with E-state index in [0.717, 1.165) is 18.4 Å². The summed E-state index contributed by atoms with van der Waals surface area (Å²) >= 11 is 7.22. The lowest BCUT2D eigenvalue weighted by Crippen LogP contribution is -2.40. The van der Waals surface area contributed by atoms with Crippen molar-refractivity contribution in [1.82, 2.24) is 15.2 Å². The van der Waals surface area contributed by atoms with E-state index in [0.29, 0.717) is 28.8 Å². The molecule has 0 aliphatic carbocycles. The third kappa shape index (κ3) is 3.70. The highest BCUT2D eigenvalue weighted by Crippen LogP contribution is 2.33. The Labute approximate surface area is 162 Å². The number of aromatic nitrogens is 1. The summed E-state index contributed by atoms with van der Waals surface area (Å²) < 4.78 is 0. The summed E-state index contributed by atoms with van der Waals surface area (Å²) in [5, 5.41) is 15.8. The molecule has 1 aliphatic heterocycles. The Balaban J connectivity index is 1.78. The van der Waals surface area contributed by atoms with Crippen LogP contribution in [0.1, 0.15) is 42.3 Å². The van der Waals surface area contributed by atoms with Gasteiger partial charge in [0.2, 0.25) is 0 Å².